The van der Waals surface area contributed by atoms with Gasteiger partial charge in [-0.2, -0.15) is 0 Å². The highest BCUT2D eigenvalue weighted by atomic mass is 16.5. The number of pyridine rings is 1. The van der Waals surface area contributed by atoms with Crippen molar-refractivity contribution < 1.29 is 9.53 Å². The smallest absolute Gasteiger partial charge is 0.154 e. The van der Waals surface area contributed by atoms with Gasteiger partial charge in [0.25, 0.3) is 0 Å². The van der Waals surface area contributed by atoms with Crippen LogP contribution in [0.2, 0.25) is 0 Å². The number of methoxy groups -OCH3 is 1. The Hall–Kier alpha value is -3.66. The van der Waals surface area contributed by atoms with Crippen molar-refractivity contribution in [1.82, 2.24) is 4.98 Å². The van der Waals surface area contributed by atoms with Gasteiger partial charge >= 0.3 is 0 Å². The van der Waals surface area contributed by atoms with E-state index in [-0.39, 0.29) is 6.04 Å². The van der Waals surface area contributed by atoms with E-state index in [0.717, 1.165) is 46.9 Å². The van der Waals surface area contributed by atoms with Crippen LogP contribution >= 0.6 is 0 Å². The predicted molar refractivity (Wildman–Crippen MR) is 120 cm³/mol. The molecule has 0 unspecified atom stereocenters. The molecule has 1 aromatic heterocycles. The lowest BCUT2D eigenvalue weighted by Gasteiger charge is -2.19. The van der Waals surface area contributed by atoms with Crippen molar-refractivity contribution in [2.75, 3.05) is 12.4 Å². The Morgan fingerprint density at radius 1 is 1.00 bits per heavy atom. The molecule has 0 fully saturated rings. The van der Waals surface area contributed by atoms with E-state index in [1.165, 1.54) is 11.1 Å². The largest absolute Gasteiger partial charge is 0.497 e. The molecule has 3 aromatic carbocycles. The fourth-order valence-electron chi connectivity index (χ4n) is 4.39. The van der Waals surface area contributed by atoms with Crippen molar-refractivity contribution in [3.8, 4) is 16.9 Å². The number of fused-ring (bicyclic) bond motifs is 2. The van der Waals surface area contributed by atoms with Crippen molar-refractivity contribution in [1.29, 1.82) is 0 Å². The van der Waals surface area contributed by atoms with Crippen LogP contribution in [0.3, 0.4) is 0 Å². The Labute approximate surface area is 175 Å². The van der Waals surface area contributed by atoms with Gasteiger partial charge in [0.2, 0.25) is 0 Å². The summed E-state index contributed by atoms with van der Waals surface area (Å²) < 4.78 is 5.30. The van der Waals surface area contributed by atoms with E-state index in [4.69, 9.17) is 9.72 Å². The summed E-state index contributed by atoms with van der Waals surface area (Å²) in [6, 6.07) is 24.4. The third-order valence-corrected chi connectivity index (χ3v) is 5.87. The quantitative estimate of drug-likeness (QED) is 0.433. The van der Waals surface area contributed by atoms with E-state index in [2.05, 4.69) is 29.6 Å². The Bertz CT molecular complexity index is 1230. The molecule has 0 amide bonds. The number of ether oxygens (including phenoxy) is 1. The maximum atomic E-state index is 12.3. The fourth-order valence-corrected chi connectivity index (χ4v) is 4.39. The molecule has 0 saturated heterocycles. The SMILES string of the molecule is COc1ccc(-c2c(C=O)c(N[C@@H]3CCc4ccccc43)nc3ccccc23)cc1. The van der Waals surface area contributed by atoms with Gasteiger partial charge in [-0.3, -0.25) is 4.79 Å². The van der Waals surface area contributed by atoms with E-state index >= 15 is 0 Å². The summed E-state index contributed by atoms with van der Waals surface area (Å²) in [5.41, 5.74) is 5.96. The zero-order valence-electron chi connectivity index (χ0n) is 16.8. The second-order valence-electron chi connectivity index (χ2n) is 7.55. The first kappa shape index (κ1) is 18.4. The summed E-state index contributed by atoms with van der Waals surface area (Å²) in [5, 5.41) is 4.53. The zero-order chi connectivity index (χ0) is 20.5. The number of nitrogens with zero attached hydrogens (tertiary/aromatic N) is 1. The summed E-state index contributed by atoms with van der Waals surface area (Å²) in [4.78, 5) is 17.1. The third kappa shape index (κ3) is 3.11. The molecule has 1 aliphatic carbocycles. The molecule has 30 heavy (non-hydrogen) atoms. The summed E-state index contributed by atoms with van der Waals surface area (Å²) in [7, 11) is 1.65. The molecule has 4 nitrogen and oxygen atoms in total. The Morgan fingerprint density at radius 2 is 1.77 bits per heavy atom. The van der Waals surface area contributed by atoms with E-state index in [1.807, 2.05) is 48.5 Å². The zero-order valence-corrected chi connectivity index (χ0v) is 16.8. The van der Waals surface area contributed by atoms with Gasteiger partial charge in [-0.1, -0.05) is 54.6 Å². The van der Waals surface area contributed by atoms with Crippen LogP contribution in [0.25, 0.3) is 22.0 Å². The van der Waals surface area contributed by atoms with Crippen LogP contribution < -0.4 is 10.1 Å². The summed E-state index contributed by atoms with van der Waals surface area (Å²) >= 11 is 0. The van der Waals surface area contributed by atoms with Crippen LogP contribution in [-0.4, -0.2) is 18.4 Å². The van der Waals surface area contributed by atoms with Crippen LogP contribution in [0.4, 0.5) is 5.82 Å². The first-order valence-electron chi connectivity index (χ1n) is 10.1. The highest BCUT2D eigenvalue weighted by molar-refractivity contribution is 6.06. The van der Waals surface area contributed by atoms with Gasteiger partial charge in [0.05, 0.1) is 24.2 Å². The molecule has 1 atom stereocenters. The summed E-state index contributed by atoms with van der Waals surface area (Å²) in [5.74, 6) is 1.42. The molecular weight excluding hydrogens is 372 g/mol. The molecular formula is C26H22N2O2. The van der Waals surface area contributed by atoms with Crippen molar-refractivity contribution >= 4 is 23.0 Å². The molecule has 5 rings (SSSR count). The van der Waals surface area contributed by atoms with Crippen molar-refractivity contribution in [3.05, 3.63) is 89.5 Å². The Kier molecular flexibility index (Phi) is 4.68. The molecule has 1 heterocycles. The summed E-state index contributed by atoms with van der Waals surface area (Å²) in [6.07, 6.45) is 2.94. The first-order valence-corrected chi connectivity index (χ1v) is 10.1. The predicted octanol–water partition coefficient (Wildman–Crippen LogP) is 5.82. The Balaban J connectivity index is 1.67. The van der Waals surface area contributed by atoms with Crippen LogP contribution in [0.15, 0.2) is 72.8 Å². The molecule has 0 bridgehead atoms. The second kappa shape index (κ2) is 7.64. The van der Waals surface area contributed by atoms with Gasteiger partial charge in [-0.05, 0) is 47.7 Å². The monoisotopic (exact) mass is 394 g/mol. The van der Waals surface area contributed by atoms with E-state index in [9.17, 15) is 4.79 Å². The van der Waals surface area contributed by atoms with Gasteiger partial charge in [0.1, 0.15) is 11.6 Å². The van der Waals surface area contributed by atoms with Crippen molar-refractivity contribution in [3.63, 3.8) is 0 Å². The molecule has 0 radical (unpaired) electrons. The number of benzene rings is 3. The molecule has 1 aliphatic rings. The maximum Gasteiger partial charge on any atom is 0.154 e. The lowest BCUT2D eigenvalue weighted by molar-refractivity contribution is 0.112. The Morgan fingerprint density at radius 3 is 2.57 bits per heavy atom. The average Bonchev–Trinajstić information content (AvgIpc) is 3.21. The van der Waals surface area contributed by atoms with Crippen LogP contribution in [-0.2, 0) is 6.42 Å². The van der Waals surface area contributed by atoms with Crippen molar-refractivity contribution in [2.24, 2.45) is 0 Å². The minimum absolute atomic E-state index is 0.150. The standard InChI is InChI=1S/C26H22N2O2/c1-30-19-13-10-18(11-14-19)25-21-8-4-5-9-23(21)27-26(22(25)16-29)28-24-15-12-17-6-2-3-7-20(17)24/h2-11,13-14,16,24H,12,15H2,1H3,(H,27,28)/t24-/m1/s1. The number of aryl methyl sites for hydroxylation is 1. The lowest BCUT2D eigenvalue weighted by atomic mass is 9.95. The number of hydrogen-bond acceptors (Lipinski definition) is 4. The molecule has 0 aliphatic heterocycles. The molecule has 1 N–H and O–H groups in total. The van der Waals surface area contributed by atoms with E-state index < -0.39 is 0 Å². The molecule has 4 aromatic rings. The molecule has 148 valence electrons. The number of aldehydes is 1. The first-order chi connectivity index (χ1) is 14.8. The summed E-state index contributed by atoms with van der Waals surface area (Å²) in [6.45, 7) is 0. The van der Waals surface area contributed by atoms with Crippen LogP contribution in [0.1, 0.15) is 33.9 Å². The van der Waals surface area contributed by atoms with E-state index in [0.29, 0.717) is 11.4 Å². The highest BCUT2D eigenvalue weighted by Gasteiger charge is 2.24. The number of carbonyl (C=O) groups is 1. The molecule has 4 heteroatoms. The van der Waals surface area contributed by atoms with E-state index in [1.54, 1.807) is 7.11 Å². The number of carbonyl (C=O) groups excluding carboxylic acids is 1. The molecule has 0 spiro atoms. The number of nitrogens with one attached hydrogen (secondary N) is 1. The topological polar surface area (TPSA) is 51.2 Å². The molecule has 0 saturated carbocycles. The average molecular weight is 394 g/mol. The van der Waals surface area contributed by atoms with Gasteiger partial charge < -0.3 is 10.1 Å². The number of hydrogen-bond donors (Lipinski definition) is 1. The number of aromatic nitrogens is 1. The number of anilines is 1. The minimum atomic E-state index is 0.150. The minimum Gasteiger partial charge on any atom is -0.497 e. The van der Waals surface area contributed by atoms with Crippen LogP contribution in [0, 0.1) is 0 Å². The second-order valence-corrected chi connectivity index (χ2v) is 7.55. The number of para-hydroxylation sites is 1. The maximum absolute atomic E-state index is 12.3. The van der Waals surface area contributed by atoms with Gasteiger partial charge in [0.15, 0.2) is 6.29 Å². The van der Waals surface area contributed by atoms with Gasteiger partial charge in [0, 0.05) is 10.9 Å². The van der Waals surface area contributed by atoms with Crippen LogP contribution in [0.5, 0.6) is 5.75 Å². The van der Waals surface area contributed by atoms with Crippen molar-refractivity contribution in [2.45, 2.75) is 18.9 Å². The fraction of sp³-hybridized carbons (Fsp3) is 0.154. The third-order valence-electron chi connectivity index (χ3n) is 5.87. The highest BCUT2D eigenvalue weighted by Crippen LogP contribution is 2.38. The van der Waals surface area contributed by atoms with Gasteiger partial charge in [-0.15, -0.1) is 0 Å². The number of rotatable bonds is 5. The normalized spacial score (nSPS) is 15.0. The lowest BCUT2D eigenvalue weighted by Crippen LogP contribution is -2.11. The van der Waals surface area contributed by atoms with Gasteiger partial charge in [-0.25, -0.2) is 4.98 Å².